The predicted octanol–water partition coefficient (Wildman–Crippen LogP) is 4.21. The number of nitrogens with one attached hydrogen (secondary N) is 1. The fourth-order valence-corrected chi connectivity index (χ4v) is 7.02. The smallest absolute Gasteiger partial charge is 0.271 e. The maximum absolute atomic E-state index is 14.1. The number of nitro groups is 1. The topological polar surface area (TPSA) is 144 Å². The first-order valence-corrected chi connectivity index (χ1v) is 15.6. The summed E-state index contributed by atoms with van der Waals surface area (Å²) in [4.78, 5) is 65.4. The van der Waals surface area contributed by atoms with Crippen molar-refractivity contribution in [1.82, 2.24) is 19.4 Å². The Bertz CT molecular complexity index is 2060. The van der Waals surface area contributed by atoms with Gasteiger partial charge in [0.25, 0.3) is 22.7 Å². The van der Waals surface area contributed by atoms with E-state index in [1.54, 1.807) is 55.2 Å². The number of thiazole rings is 1. The van der Waals surface area contributed by atoms with Crippen LogP contribution in [0, 0.1) is 17.0 Å². The van der Waals surface area contributed by atoms with Crippen LogP contribution in [0.2, 0.25) is 5.02 Å². The first-order valence-electron chi connectivity index (χ1n) is 13.6. The summed E-state index contributed by atoms with van der Waals surface area (Å²) in [6, 6.07) is 11.8. The van der Waals surface area contributed by atoms with Gasteiger partial charge in [-0.25, -0.2) is 9.98 Å². The molecule has 44 heavy (non-hydrogen) atoms. The third kappa shape index (κ3) is 6.16. The summed E-state index contributed by atoms with van der Waals surface area (Å²) in [6.45, 7) is 8.19. The average Bonchev–Trinajstić information content (AvgIpc) is 3.27. The number of H-pyrrole nitrogens is 1. The third-order valence-corrected chi connectivity index (χ3v) is 9.25. The number of aryl methyl sites for hydroxylation is 1. The van der Waals surface area contributed by atoms with Crippen LogP contribution in [-0.2, 0) is 4.79 Å². The number of allylic oxidation sites excluding steroid dienone is 1. The molecule has 14 heteroatoms. The van der Waals surface area contributed by atoms with Crippen molar-refractivity contribution in [2.75, 3.05) is 13.1 Å². The lowest BCUT2D eigenvalue weighted by molar-refractivity contribution is -0.384. The first-order chi connectivity index (χ1) is 21.0. The van der Waals surface area contributed by atoms with Gasteiger partial charge in [0.05, 0.1) is 26.8 Å². The van der Waals surface area contributed by atoms with E-state index in [1.807, 2.05) is 13.8 Å². The summed E-state index contributed by atoms with van der Waals surface area (Å²) in [5.74, 6) is -0.220. The fraction of sp³-hybridized carbons (Fsp3) is 0.233. The molecule has 0 saturated carbocycles. The zero-order chi connectivity index (χ0) is 31.7. The molecule has 0 radical (unpaired) electrons. The second-order valence-corrected chi connectivity index (χ2v) is 12.4. The van der Waals surface area contributed by atoms with Crippen molar-refractivity contribution in [1.29, 1.82) is 0 Å². The minimum atomic E-state index is -0.765. The lowest BCUT2D eigenvalue weighted by Gasteiger charge is -2.29. The Kier molecular flexibility index (Phi) is 9.00. The van der Waals surface area contributed by atoms with Crippen LogP contribution in [0.5, 0.6) is 0 Å². The van der Waals surface area contributed by atoms with Crippen molar-refractivity contribution in [3.8, 4) is 0 Å². The zero-order valence-electron chi connectivity index (χ0n) is 24.2. The summed E-state index contributed by atoms with van der Waals surface area (Å²) in [7, 11) is 0. The minimum absolute atomic E-state index is 0.166. The Morgan fingerprint density at radius 2 is 1.86 bits per heavy atom. The number of amides is 1. The van der Waals surface area contributed by atoms with Crippen LogP contribution in [0.15, 0.2) is 84.4 Å². The molecule has 0 unspecified atom stereocenters. The first kappa shape index (κ1) is 31.1. The number of carbonyl (C=O) groups excluding carboxylic acids is 1. The monoisotopic (exact) mass is 650 g/mol. The number of hydrogen-bond donors (Lipinski definition) is 1. The molecule has 5 rings (SSSR count). The van der Waals surface area contributed by atoms with Gasteiger partial charge in [-0.2, -0.15) is 0 Å². The summed E-state index contributed by atoms with van der Waals surface area (Å²) in [5, 5.41) is 12.5. The average molecular weight is 651 g/mol. The molecule has 1 amide bonds. The van der Waals surface area contributed by atoms with Gasteiger partial charge in [-0.3, -0.25) is 29.1 Å². The molecular formula is C30H27ClN6O5S2. The van der Waals surface area contributed by atoms with Gasteiger partial charge < -0.3 is 9.88 Å². The lowest BCUT2D eigenvalue weighted by Crippen LogP contribution is -2.43. The lowest BCUT2D eigenvalue weighted by atomic mass is 9.94. The molecule has 0 aliphatic carbocycles. The molecule has 1 aliphatic heterocycles. The molecule has 2 aromatic carbocycles. The van der Waals surface area contributed by atoms with Crippen molar-refractivity contribution < 1.29 is 9.72 Å². The van der Waals surface area contributed by atoms with E-state index in [1.165, 1.54) is 22.8 Å². The predicted molar refractivity (Wildman–Crippen MR) is 170 cm³/mol. The maximum atomic E-state index is 14.1. The van der Waals surface area contributed by atoms with Crippen molar-refractivity contribution in [2.24, 2.45) is 4.99 Å². The summed E-state index contributed by atoms with van der Waals surface area (Å²) >= 11 is 8.41. The normalized spacial score (nSPS) is 14.8. The van der Waals surface area contributed by atoms with Gasteiger partial charge in [0.2, 0.25) is 0 Å². The zero-order valence-corrected chi connectivity index (χ0v) is 26.5. The van der Waals surface area contributed by atoms with Crippen LogP contribution in [-0.4, -0.2) is 43.4 Å². The van der Waals surface area contributed by atoms with Crippen LogP contribution >= 0.6 is 34.7 Å². The van der Waals surface area contributed by atoms with Crippen molar-refractivity contribution >= 4 is 52.4 Å². The van der Waals surface area contributed by atoms with Crippen LogP contribution in [0.4, 0.5) is 5.69 Å². The van der Waals surface area contributed by atoms with E-state index in [-0.39, 0.29) is 21.7 Å². The highest BCUT2D eigenvalue weighted by atomic mass is 35.5. The SMILES string of the molecule is CCN(CC)C(=O)C1=C(C)N=c2s/c(=C\c3cc([N+](=O)[O-])ccc3Sc3nc(C)cc(=O)[nH]3)c(=O)n2[C@@H]1c1ccc(Cl)cc1. The number of rotatable bonds is 8. The second-order valence-electron chi connectivity index (χ2n) is 9.88. The maximum Gasteiger partial charge on any atom is 0.271 e. The Morgan fingerprint density at radius 3 is 2.50 bits per heavy atom. The van der Waals surface area contributed by atoms with Crippen LogP contribution < -0.4 is 20.5 Å². The largest absolute Gasteiger partial charge is 0.339 e. The molecule has 226 valence electrons. The number of halogens is 1. The molecule has 3 heterocycles. The Balaban J connectivity index is 1.72. The van der Waals surface area contributed by atoms with Gasteiger partial charge in [-0.15, -0.1) is 0 Å². The molecule has 1 atom stereocenters. The quantitative estimate of drug-likeness (QED) is 0.171. The van der Waals surface area contributed by atoms with E-state index >= 15 is 0 Å². The number of aromatic nitrogens is 3. The van der Waals surface area contributed by atoms with E-state index in [0.29, 0.717) is 61.1 Å². The van der Waals surface area contributed by atoms with Crippen LogP contribution in [0.25, 0.3) is 6.08 Å². The van der Waals surface area contributed by atoms with Crippen LogP contribution in [0.1, 0.15) is 43.6 Å². The number of nitrogens with zero attached hydrogens (tertiary/aromatic N) is 5. The molecule has 1 N–H and O–H groups in total. The van der Waals surface area contributed by atoms with E-state index in [9.17, 15) is 24.5 Å². The molecule has 4 aromatic rings. The summed E-state index contributed by atoms with van der Waals surface area (Å²) in [5.41, 5.74) is 1.57. The van der Waals surface area contributed by atoms with Gasteiger partial charge in [0.1, 0.15) is 0 Å². The highest BCUT2D eigenvalue weighted by Gasteiger charge is 2.34. The highest BCUT2D eigenvalue weighted by molar-refractivity contribution is 7.99. The molecule has 0 saturated heterocycles. The molecule has 0 bridgehead atoms. The molecule has 0 fully saturated rings. The molecular weight excluding hydrogens is 624 g/mol. The Hall–Kier alpha value is -4.33. The van der Waals surface area contributed by atoms with E-state index < -0.39 is 16.5 Å². The van der Waals surface area contributed by atoms with E-state index in [4.69, 9.17) is 11.6 Å². The van der Waals surface area contributed by atoms with Gasteiger partial charge in [-0.1, -0.05) is 46.8 Å². The van der Waals surface area contributed by atoms with Gasteiger partial charge >= 0.3 is 0 Å². The third-order valence-electron chi connectivity index (χ3n) is 7.03. The van der Waals surface area contributed by atoms with Crippen molar-refractivity contribution in [2.45, 2.75) is 43.8 Å². The number of fused-ring (bicyclic) bond motifs is 1. The summed E-state index contributed by atoms with van der Waals surface area (Å²) < 4.78 is 1.76. The van der Waals surface area contributed by atoms with Gasteiger partial charge in [0.15, 0.2) is 9.96 Å². The molecule has 1 aliphatic rings. The van der Waals surface area contributed by atoms with Gasteiger partial charge in [-0.05, 0) is 63.1 Å². The number of hydrogen-bond acceptors (Lipinski definition) is 9. The standard InChI is InChI=1S/C30H27ClN6O5S2/c1-5-35(6-2)28(40)25-17(4)33-30-36(26(25)18-7-9-20(31)10-8-18)27(39)23(44-30)15-19-14-21(37(41)42)11-12-22(19)43-29-32-16(3)13-24(38)34-29/h7-15,26H,5-6H2,1-4H3,(H,32,34,38)/b23-15-/t26-/m1/s1. The number of nitro benzene ring substituents is 1. The molecule has 2 aromatic heterocycles. The van der Waals surface area contributed by atoms with E-state index in [0.717, 1.165) is 23.1 Å². The molecule has 11 nitrogen and oxygen atoms in total. The highest BCUT2D eigenvalue weighted by Crippen LogP contribution is 2.33. The number of aromatic amines is 1. The van der Waals surface area contributed by atoms with Gasteiger partial charge in [0, 0.05) is 46.9 Å². The number of non-ortho nitro benzene ring substituents is 1. The van der Waals surface area contributed by atoms with Crippen molar-refractivity contribution in [3.05, 3.63) is 122 Å². The van der Waals surface area contributed by atoms with Crippen LogP contribution in [0.3, 0.4) is 0 Å². The van der Waals surface area contributed by atoms with E-state index in [2.05, 4.69) is 15.0 Å². The number of likely N-dealkylation sites (N-methyl/N-ethyl adjacent to an activating group) is 1. The minimum Gasteiger partial charge on any atom is -0.339 e. The van der Waals surface area contributed by atoms with Crippen molar-refractivity contribution in [3.63, 3.8) is 0 Å². The molecule has 0 spiro atoms. The summed E-state index contributed by atoms with van der Waals surface area (Å²) in [6.07, 6.45) is 1.57. The Morgan fingerprint density at radius 1 is 1.16 bits per heavy atom. The Labute approximate surface area is 264 Å². The second kappa shape index (κ2) is 12.7. The number of carbonyl (C=O) groups is 1. The fourth-order valence-electron chi connectivity index (χ4n) is 4.94. The number of benzene rings is 2.